The molecule has 2 N–H and O–H groups in total. The van der Waals surface area contributed by atoms with E-state index in [4.69, 9.17) is 5.73 Å². The van der Waals surface area contributed by atoms with Crippen LogP contribution in [0.2, 0.25) is 0 Å². The second kappa shape index (κ2) is 4.76. The summed E-state index contributed by atoms with van der Waals surface area (Å²) in [6.45, 7) is 4.70. The van der Waals surface area contributed by atoms with E-state index in [2.05, 4.69) is 43.1 Å². The summed E-state index contributed by atoms with van der Waals surface area (Å²) in [4.78, 5) is 5.76. The Hall–Kier alpha value is -1.19. The number of benzene rings is 1. The third kappa shape index (κ3) is 2.49. The number of hydrogen-bond donors (Lipinski definition) is 1. The molecule has 0 saturated carbocycles. The van der Waals surface area contributed by atoms with Gasteiger partial charge in [0.05, 0.1) is 5.69 Å². The second-order valence-corrected chi connectivity index (χ2v) is 5.15. The fraction of sp³-hybridized carbons (Fsp3) is 0.308. The molecule has 0 aliphatic carbocycles. The summed E-state index contributed by atoms with van der Waals surface area (Å²) in [7, 11) is 0. The Morgan fingerprint density at radius 1 is 1.19 bits per heavy atom. The lowest BCUT2D eigenvalue weighted by Crippen LogP contribution is -1.94. The van der Waals surface area contributed by atoms with Gasteiger partial charge in [0.1, 0.15) is 5.01 Å². The Balaban J connectivity index is 2.19. The van der Waals surface area contributed by atoms with E-state index in [0.29, 0.717) is 6.54 Å². The SMILES string of the molecule is Cc1ccc(Cc2sc(CN)nc2C)cc1. The van der Waals surface area contributed by atoms with Gasteiger partial charge in [-0.2, -0.15) is 0 Å². The van der Waals surface area contributed by atoms with Crippen molar-refractivity contribution >= 4 is 11.3 Å². The maximum atomic E-state index is 5.59. The number of thiazole rings is 1. The molecule has 0 spiro atoms. The molecule has 0 aliphatic heterocycles. The maximum absolute atomic E-state index is 5.59. The summed E-state index contributed by atoms with van der Waals surface area (Å²) >= 11 is 1.72. The first-order chi connectivity index (χ1) is 7.69. The van der Waals surface area contributed by atoms with Crippen molar-refractivity contribution in [2.45, 2.75) is 26.8 Å². The van der Waals surface area contributed by atoms with Crippen LogP contribution in [0.3, 0.4) is 0 Å². The van der Waals surface area contributed by atoms with Gasteiger partial charge >= 0.3 is 0 Å². The molecule has 16 heavy (non-hydrogen) atoms. The van der Waals surface area contributed by atoms with E-state index in [1.54, 1.807) is 11.3 Å². The van der Waals surface area contributed by atoms with Crippen molar-refractivity contribution < 1.29 is 0 Å². The van der Waals surface area contributed by atoms with Crippen LogP contribution in [-0.2, 0) is 13.0 Å². The van der Waals surface area contributed by atoms with Crippen LogP contribution in [0.1, 0.15) is 26.7 Å². The molecule has 2 rings (SSSR count). The Bertz CT molecular complexity index is 471. The summed E-state index contributed by atoms with van der Waals surface area (Å²) in [6, 6.07) is 8.65. The van der Waals surface area contributed by atoms with Crippen LogP contribution in [-0.4, -0.2) is 4.98 Å². The molecule has 1 heterocycles. The molecule has 0 fully saturated rings. The van der Waals surface area contributed by atoms with Gasteiger partial charge in [0.15, 0.2) is 0 Å². The van der Waals surface area contributed by atoms with Crippen LogP contribution in [0.15, 0.2) is 24.3 Å². The minimum Gasteiger partial charge on any atom is -0.325 e. The van der Waals surface area contributed by atoms with Crippen molar-refractivity contribution in [3.63, 3.8) is 0 Å². The van der Waals surface area contributed by atoms with Crippen molar-refractivity contribution in [1.29, 1.82) is 0 Å². The molecule has 0 atom stereocenters. The smallest absolute Gasteiger partial charge is 0.107 e. The topological polar surface area (TPSA) is 38.9 Å². The van der Waals surface area contributed by atoms with E-state index in [1.807, 2.05) is 0 Å². The molecule has 0 aliphatic rings. The predicted octanol–water partition coefficient (Wildman–Crippen LogP) is 2.81. The molecule has 1 aromatic heterocycles. The molecule has 2 nitrogen and oxygen atoms in total. The molecule has 2 aromatic rings. The number of aromatic nitrogens is 1. The van der Waals surface area contributed by atoms with E-state index >= 15 is 0 Å². The zero-order chi connectivity index (χ0) is 11.5. The van der Waals surface area contributed by atoms with Crippen LogP contribution >= 0.6 is 11.3 Å². The van der Waals surface area contributed by atoms with Crippen molar-refractivity contribution in [1.82, 2.24) is 4.98 Å². The van der Waals surface area contributed by atoms with E-state index < -0.39 is 0 Å². The first-order valence-electron chi connectivity index (χ1n) is 5.40. The first-order valence-corrected chi connectivity index (χ1v) is 6.21. The molecule has 1 aromatic carbocycles. The zero-order valence-corrected chi connectivity index (χ0v) is 10.5. The van der Waals surface area contributed by atoms with Gasteiger partial charge in [0.25, 0.3) is 0 Å². The number of hydrogen-bond acceptors (Lipinski definition) is 3. The van der Waals surface area contributed by atoms with E-state index in [-0.39, 0.29) is 0 Å². The number of nitrogens with two attached hydrogens (primary N) is 1. The molecule has 84 valence electrons. The van der Waals surface area contributed by atoms with Crippen LogP contribution in [0.25, 0.3) is 0 Å². The highest BCUT2D eigenvalue weighted by atomic mass is 32.1. The van der Waals surface area contributed by atoms with Crippen LogP contribution in [0, 0.1) is 13.8 Å². The minimum absolute atomic E-state index is 0.541. The monoisotopic (exact) mass is 232 g/mol. The molecule has 0 radical (unpaired) electrons. The quantitative estimate of drug-likeness (QED) is 0.883. The van der Waals surface area contributed by atoms with Crippen LogP contribution in [0.5, 0.6) is 0 Å². The van der Waals surface area contributed by atoms with Gasteiger partial charge < -0.3 is 5.73 Å². The van der Waals surface area contributed by atoms with Crippen LogP contribution < -0.4 is 5.73 Å². The lowest BCUT2D eigenvalue weighted by molar-refractivity contribution is 1.01. The highest BCUT2D eigenvalue weighted by molar-refractivity contribution is 7.11. The molecule has 0 bridgehead atoms. The van der Waals surface area contributed by atoms with E-state index in [0.717, 1.165) is 17.1 Å². The van der Waals surface area contributed by atoms with Crippen molar-refractivity contribution in [3.05, 3.63) is 51.0 Å². The predicted molar refractivity (Wildman–Crippen MR) is 68.7 cm³/mol. The molecular weight excluding hydrogens is 216 g/mol. The number of nitrogens with zero attached hydrogens (tertiary/aromatic N) is 1. The average molecular weight is 232 g/mol. The largest absolute Gasteiger partial charge is 0.325 e. The Kier molecular flexibility index (Phi) is 3.36. The molecular formula is C13H16N2S. The second-order valence-electron chi connectivity index (χ2n) is 3.98. The number of rotatable bonds is 3. The minimum atomic E-state index is 0.541. The zero-order valence-electron chi connectivity index (χ0n) is 9.66. The van der Waals surface area contributed by atoms with Crippen molar-refractivity contribution in [2.75, 3.05) is 0 Å². The van der Waals surface area contributed by atoms with E-state index in [1.165, 1.54) is 16.0 Å². The summed E-state index contributed by atoms with van der Waals surface area (Å²) in [5.74, 6) is 0. The highest BCUT2D eigenvalue weighted by Gasteiger charge is 2.06. The number of aryl methyl sites for hydroxylation is 2. The Morgan fingerprint density at radius 2 is 1.88 bits per heavy atom. The molecule has 0 saturated heterocycles. The summed E-state index contributed by atoms with van der Waals surface area (Å²) in [5, 5.41) is 1.03. The lowest BCUT2D eigenvalue weighted by Gasteiger charge is -2.00. The summed E-state index contributed by atoms with van der Waals surface area (Å²) < 4.78 is 0. The Morgan fingerprint density at radius 3 is 2.44 bits per heavy atom. The van der Waals surface area contributed by atoms with Gasteiger partial charge in [-0.3, -0.25) is 0 Å². The van der Waals surface area contributed by atoms with Gasteiger partial charge in [-0.15, -0.1) is 11.3 Å². The van der Waals surface area contributed by atoms with Gasteiger partial charge in [-0.05, 0) is 19.4 Å². The fourth-order valence-electron chi connectivity index (χ4n) is 1.63. The van der Waals surface area contributed by atoms with Gasteiger partial charge in [-0.25, -0.2) is 4.98 Å². The lowest BCUT2D eigenvalue weighted by atomic mass is 10.1. The van der Waals surface area contributed by atoms with Crippen LogP contribution in [0.4, 0.5) is 0 Å². The maximum Gasteiger partial charge on any atom is 0.107 e. The van der Waals surface area contributed by atoms with E-state index in [9.17, 15) is 0 Å². The molecule has 3 heteroatoms. The van der Waals surface area contributed by atoms with Crippen molar-refractivity contribution in [2.24, 2.45) is 5.73 Å². The van der Waals surface area contributed by atoms with Gasteiger partial charge in [0, 0.05) is 17.8 Å². The molecule has 0 amide bonds. The Labute approximate surface area is 100 Å². The average Bonchev–Trinajstić information content (AvgIpc) is 2.63. The van der Waals surface area contributed by atoms with Gasteiger partial charge in [-0.1, -0.05) is 29.8 Å². The third-order valence-electron chi connectivity index (χ3n) is 2.60. The summed E-state index contributed by atoms with van der Waals surface area (Å²) in [5.41, 5.74) is 9.34. The third-order valence-corrected chi connectivity index (χ3v) is 3.78. The fourth-order valence-corrected chi connectivity index (χ4v) is 2.61. The normalized spacial score (nSPS) is 10.7. The standard InChI is InChI=1S/C13H16N2S/c1-9-3-5-11(6-4-9)7-12-10(2)15-13(8-14)16-12/h3-6H,7-8,14H2,1-2H3. The molecule has 0 unspecified atom stereocenters. The first kappa shape index (κ1) is 11.3. The van der Waals surface area contributed by atoms with Gasteiger partial charge in [0.2, 0.25) is 0 Å². The summed E-state index contributed by atoms with van der Waals surface area (Å²) in [6.07, 6.45) is 0.962. The highest BCUT2D eigenvalue weighted by Crippen LogP contribution is 2.21. The van der Waals surface area contributed by atoms with Crippen molar-refractivity contribution in [3.8, 4) is 0 Å².